The van der Waals surface area contributed by atoms with E-state index in [4.69, 9.17) is 23.2 Å². The minimum absolute atomic E-state index is 0.0513. The van der Waals surface area contributed by atoms with Gasteiger partial charge in [0.25, 0.3) is 0 Å². The molecule has 108 valence electrons. The summed E-state index contributed by atoms with van der Waals surface area (Å²) in [4.78, 5) is 31.1. The number of pyridine rings is 1. The highest BCUT2D eigenvalue weighted by Gasteiger charge is 2.29. The number of hydrogen-bond acceptors (Lipinski definition) is 3. The fourth-order valence-corrected chi connectivity index (χ4v) is 2.40. The van der Waals surface area contributed by atoms with Crippen LogP contribution in [0.25, 0.3) is 0 Å². The zero-order valence-corrected chi connectivity index (χ0v) is 12.6. The molecule has 0 N–H and O–H groups in total. The fourth-order valence-electron chi connectivity index (χ4n) is 2.07. The van der Waals surface area contributed by atoms with Gasteiger partial charge in [-0.2, -0.15) is 0 Å². The molecule has 0 spiro atoms. The smallest absolute Gasteiger partial charge is 0.243 e. The van der Waals surface area contributed by atoms with Gasteiger partial charge in [-0.05, 0) is 18.6 Å². The van der Waals surface area contributed by atoms with Crippen molar-refractivity contribution in [1.29, 1.82) is 0 Å². The second-order valence-electron chi connectivity index (χ2n) is 4.63. The Kier molecular flexibility index (Phi) is 4.83. The lowest BCUT2D eigenvalue weighted by atomic mass is 10.2. The number of amides is 2. The van der Waals surface area contributed by atoms with Crippen LogP contribution in [0, 0.1) is 0 Å². The number of rotatable bonds is 4. The molecule has 1 saturated heterocycles. The van der Waals surface area contributed by atoms with Gasteiger partial charge in [0.15, 0.2) is 0 Å². The normalized spacial score (nSPS) is 15.9. The largest absolute Gasteiger partial charge is 0.332 e. The van der Waals surface area contributed by atoms with Crippen LogP contribution in [0.15, 0.2) is 12.1 Å². The van der Waals surface area contributed by atoms with Crippen LogP contribution in [0.5, 0.6) is 0 Å². The van der Waals surface area contributed by atoms with Crippen molar-refractivity contribution in [3.63, 3.8) is 0 Å². The lowest BCUT2D eigenvalue weighted by Gasteiger charge is -2.33. The third-order valence-electron chi connectivity index (χ3n) is 3.08. The van der Waals surface area contributed by atoms with Crippen LogP contribution < -0.4 is 0 Å². The van der Waals surface area contributed by atoms with Crippen molar-refractivity contribution >= 4 is 35.0 Å². The Hall–Kier alpha value is -1.33. The summed E-state index contributed by atoms with van der Waals surface area (Å²) in [6.07, 6.45) is 0.834. The second-order valence-corrected chi connectivity index (χ2v) is 5.42. The molecule has 0 bridgehead atoms. The molecular weight excluding hydrogens is 301 g/mol. The summed E-state index contributed by atoms with van der Waals surface area (Å²) in [7, 11) is 0. The van der Waals surface area contributed by atoms with Gasteiger partial charge in [0.05, 0.1) is 23.8 Å². The van der Waals surface area contributed by atoms with Gasteiger partial charge in [0.1, 0.15) is 11.7 Å². The van der Waals surface area contributed by atoms with Crippen molar-refractivity contribution in [2.75, 3.05) is 19.6 Å². The molecule has 0 aromatic carbocycles. The Bertz CT molecular complexity index is 536. The number of hydrogen-bond donors (Lipinski definition) is 0. The van der Waals surface area contributed by atoms with Crippen LogP contribution in [0.3, 0.4) is 0 Å². The summed E-state index contributed by atoms with van der Waals surface area (Å²) >= 11 is 11.8. The Morgan fingerprint density at radius 1 is 1.15 bits per heavy atom. The molecule has 2 rings (SSSR count). The standard InChI is InChI=1S/C13H15Cl2N3O2/c1-2-5-17-7-13(20)18(8-12(17)19)6-10-9(14)3-4-11(15)16-10/h3-4H,2,5-8H2,1H3. The van der Waals surface area contributed by atoms with Gasteiger partial charge in [0, 0.05) is 6.54 Å². The lowest BCUT2D eigenvalue weighted by Crippen LogP contribution is -2.53. The highest BCUT2D eigenvalue weighted by molar-refractivity contribution is 6.32. The molecule has 1 aliphatic rings. The zero-order chi connectivity index (χ0) is 14.7. The van der Waals surface area contributed by atoms with E-state index in [9.17, 15) is 9.59 Å². The van der Waals surface area contributed by atoms with Gasteiger partial charge >= 0.3 is 0 Å². The lowest BCUT2D eigenvalue weighted by molar-refractivity contribution is -0.150. The van der Waals surface area contributed by atoms with Crippen molar-refractivity contribution < 1.29 is 9.59 Å². The van der Waals surface area contributed by atoms with Crippen LogP contribution >= 0.6 is 23.2 Å². The Morgan fingerprint density at radius 2 is 1.80 bits per heavy atom. The van der Waals surface area contributed by atoms with Gasteiger partial charge in [-0.3, -0.25) is 9.59 Å². The first-order valence-electron chi connectivity index (χ1n) is 6.37. The highest BCUT2D eigenvalue weighted by Crippen LogP contribution is 2.19. The SMILES string of the molecule is CCCN1CC(=O)N(Cc2nc(Cl)ccc2Cl)CC1=O. The molecule has 1 aromatic rings. The van der Waals surface area contributed by atoms with Gasteiger partial charge < -0.3 is 9.80 Å². The minimum atomic E-state index is -0.101. The summed E-state index contributed by atoms with van der Waals surface area (Å²) in [6.45, 7) is 2.95. The molecule has 1 fully saturated rings. The van der Waals surface area contributed by atoms with E-state index in [1.54, 1.807) is 17.0 Å². The summed E-state index contributed by atoms with van der Waals surface area (Å²) in [6, 6.07) is 3.21. The summed E-state index contributed by atoms with van der Waals surface area (Å²) in [5, 5.41) is 0.749. The predicted octanol–water partition coefficient (Wildman–Crippen LogP) is 1.97. The van der Waals surface area contributed by atoms with Crippen LogP contribution in [-0.2, 0) is 16.1 Å². The number of aromatic nitrogens is 1. The fraction of sp³-hybridized carbons (Fsp3) is 0.462. The van der Waals surface area contributed by atoms with E-state index in [1.165, 1.54) is 4.90 Å². The molecule has 2 amide bonds. The first kappa shape index (κ1) is 15.1. The average Bonchev–Trinajstić information content (AvgIpc) is 2.40. The van der Waals surface area contributed by atoms with Crippen LogP contribution in [0.4, 0.5) is 0 Å². The molecule has 1 aromatic heterocycles. The first-order chi connectivity index (χ1) is 9.51. The maximum absolute atomic E-state index is 12.1. The number of nitrogens with zero attached hydrogens (tertiary/aromatic N) is 3. The molecule has 1 aliphatic heterocycles. The molecule has 0 saturated carbocycles. The monoisotopic (exact) mass is 315 g/mol. The maximum Gasteiger partial charge on any atom is 0.243 e. The highest BCUT2D eigenvalue weighted by atomic mass is 35.5. The summed E-state index contributed by atoms with van der Waals surface area (Å²) in [5.74, 6) is -0.152. The maximum atomic E-state index is 12.1. The molecular formula is C13H15Cl2N3O2. The predicted molar refractivity (Wildman–Crippen MR) is 76.5 cm³/mol. The molecule has 2 heterocycles. The second kappa shape index (κ2) is 6.41. The third kappa shape index (κ3) is 3.41. The van der Waals surface area contributed by atoms with Crippen molar-refractivity contribution in [3.05, 3.63) is 28.0 Å². The number of carbonyl (C=O) groups is 2. The number of halogens is 2. The molecule has 5 nitrogen and oxygen atoms in total. The van der Waals surface area contributed by atoms with E-state index >= 15 is 0 Å². The molecule has 0 aliphatic carbocycles. The average molecular weight is 316 g/mol. The van der Waals surface area contributed by atoms with Crippen LogP contribution in [-0.4, -0.2) is 46.2 Å². The quantitative estimate of drug-likeness (QED) is 0.798. The van der Waals surface area contributed by atoms with Gasteiger partial charge in [-0.1, -0.05) is 30.1 Å². The van der Waals surface area contributed by atoms with E-state index in [-0.39, 0.29) is 31.4 Å². The molecule has 0 atom stereocenters. The first-order valence-corrected chi connectivity index (χ1v) is 7.13. The van der Waals surface area contributed by atoms with Crippen molar-refractivity contribution in [1.82, 2.24) is 14.8 Å². The van der Waals surface area contributed by atoms with E-state index in [0.717, 1.165) is 6.42 Å². The van der Waals surface area contributed by atoms with Gasteiger partial charge in [-0.15, -0.1) is 0 Å². The van der Waals surface area contributed by atoms with E-state index < -0.39 is 0 Å². The van der Waals surface area contributed by atoms with E-state index in [2.05, 4.69) is 4.98 Å². The summed E-state index contributed by atoms with van der Waals surface area (Å²) in [5.41, 5.74) is 0.504. The molecule has 0 unspecified atom stereocenters. The Morgan fingerprint density at radius 3 is 2.50 bits per heavy atom. The zero-order valence-electron chi connectivity index (χ0n) is 11.1. The minimum Gasteiger partial charge on any atom is -0.332 e. The summed E-state index contributed by atoms with van der Waals surface area (Å²) < 4.78 is 0. The molecule has 7 heteroatoms. The number of carbonyl (C=O) groups excluding carboxylic acids is 2. The Labute approximate surface area is 127 Å². The van der Waals surface area contributed by atoms with Gasteiger partial charge in [0.2, 0.25) is 11.8 Å². The van der Waals surface area contributed by atoms with Gasteiger partial charge in [-0.25, -0.2) is 4.98 Å². The van der Waals surface area contributed by atoms with Crippen LogP contribution in [0.1, 0.15) is 19.0 Å². The van der Waals surface area contributed by atoms with Crippen molar-refractivity contribution in [2.24, 2.45) is 0 Å². The molecule has 20 heavy (non-hydrogen) atoms. The Balaban J connectivity index is 2.09. The topological polar surface area (TPSA) is 53.5 Å². The number of piperazine rings is 1. The van der Waals surface area contributed by atoms with E-state index in [1.807, 2.05) is 6.92 Å². The van der Waals surface area contributed by atoms with E-state index in [0.29, 0.717) is 22.4 Å². The van der Waals surface area contributed by atoms with Crippen molar-refractivity contribution in [3.8, 4) is 0 Å². The molecule has 0 radical (unpaired) electrons. The van der Waals surface area contributed by atoms with Crippen molar-refractivity contribution in [2.45, 2.75) is 19.9 Å². The third-order valence-corrected chi connectivity index (χ3v) is 3.63. The van der Waals surface area contributed by atoms with Crippen LogP contribution in [0.2, 0.25) is 10.2 Å².